The number of rotatable bonds is 5. The van der Waals surface area contributed by atoms with Gasteiger partial charge in [-0.1, -0.05) is 29.8 Å². The second-order valence-electron chi connectivity index (χ2n) is 4.27. The monoisotopic (exact) mass is 294 g/mol. The molecule has 0 aliphatic heterocycles. The molecular formula is C14H15ClN2O3. The van der Waals surface area contributed by atoms with E-state index < -0.39 is 5.97 Å². The van der Waals surface area contributed by atoms with Crippen LogP contribution in [0.25, 0.3) is 0 Å². The Bertz CT molecular complexity index is 610. The zero-order chi connectivity index (χ0) is 14.5. The smallest absolute Gasteiger partial charge is 0.344 e. The lowest BCUT2D eigenvalue weighted by Gasteiger charge is -2.09. The topological polar surface area (TPSA) is 53.4 Å². The zero-order valence-electron chi connectivity index (χ0n) is 11.3. The summed E-state index contributed by atoms with van der Waals surface area (Å²) in [6.45, 7) is 1.85. The molecule has 2 rings (SSSR count). The van der Waals surface area contributed by atoms with Gasteiger partial charge in [0.05, 0.1) is 6.20 Å². The molecule has 106 valence electrons. The van der Waals surface area contributed by atoms with Crippen LogP contribution < -0.4 is 4.74 Å². The first kappa shape index (κ1) is 14.4. The Labute approximate surface area is 122 Å². The number of carbonyl (C=O) groups is 1. The number of para-hydroxylation sites is 1. The second kappa shape index (κ2) is 6.43. The lowest BCUT2D eigenvalue weighted by atomic mass is 10.2. The first-order chi connectivity index (χ1) is 9.58. The molecule has 6 heteroatoms. The molecule has 20 heavy (non-hydrogen) atoms. The van der Waals surface area contributed by atoms with Crippen LogP contribution in [0.5, 0.6) is 5.75 Å². The van der Waals surface area contributed by atoms with Gasteiger partial charge >= 0.3 is 5.97 Å². The first-order valence-electron chi connectivity index (χ1n) is 6.08. The quantitative estimate of drug-likeness (QED) is 0.795. The molecule has 1 aromatic heterocycles. The van der Waals surface area contributed by atoms with E-state index in [-0.39, 0.29) is 13.2 Å². The Morgan fingerprint density at radius 1 is 1.40 bits per heavy atom. The van der Waals surface area contributed by atoms with Crippen molar-refractivity contribution in [2.45, 2.75) is 13.5 Å². The van der Waals surface area contributed by atoms with Crippen LogP contribution in [0, 0.1) is 6.92 Å². The molecule has 0 aliphatic rings. The van der Waals surface area contributed by atoms with Gasteiger partial charge in [-0.2, -0.15) is 0 Å². The van der Waals surface area contributed by atoms with Crippen LogP contribution in [0.15, 0.2) is 30.5 Å². The summed E-state index contributed by atoms with van der Waals surface area (Å²) < 4.78 is 12.1. The Hall–Kier alpha value is -2.01. The van der Waals surface area contributed by atoms with Crippen molar-refractivity contribution >= 4 is 17.6 Å². The molecule has 0 radical (unpaired) electrons. The van der Waals surface area contributed by atoms with E-state index >= 15 is 0 Å². The van der Waals surface area contributed by atoms with Crippen LogP contribution >= 0.6 is 11.6 Å². The molecule has 0 aliphatic carbocycles. The highest BCUT2D eigenvalue weighted by molar-refractivity contribution is 6.29. The number of aromatic nitrogens is 2. The van der Waals surface area contributed by atoms with E-state index in [2.05, 4.69) is 4.98 Å². The van der Waals surface area contributed by atoms with E-state index in [0.717, 1.165) is 5.56 Å². The molecule has 5 nitrogen and oxygen atoms in total. The fourth-order valence-corrected chi connectivity index (χ4v) is 1.75. The summed E-state index contributed by atoms with van der Waals surface area (Å²) in [6, 6.07) is 7.48. The fourth-order valence-electron chi connectivity index (χ4n) is 1.60. The van der Waals surface area contributed by atoms with E-state index in [9.17, 15) is 4.79 Å². The number of esters is 1. The second-order valence-corrected chi connectivity index (χ2v) is 4.66. The lowest BCUT2D eigenvalue weighted by molar-refractivity contribution is -0.147. The number of nitrogens with zero attached hydrogens (tertiary/aromatic N) is 2. The number of carbonyl (C=O) groups excluding carboxylic acids is 1. The van der Waals surface area contributed by atoms with Gasteiger partial charge in [0.1, 0.15) is 23.3 Å². The molecule has 1 aromatic carbocycles. The van der Waals surface area contributed by atoms with Crippen LogP contribution in [0.1, 0.15) is 11.4 Å². The third-order valence-corrected chi connectivity index (χ3v) is 3.18. The molecule has 1 heterocycles. The number of aryl methyl sites for hydroxylation is 1. The van der Waals surface area contributed by atoms with Crippen molar-refractivity contribution in [3.8, 4) is 5.75 Å². The number of ether oxygens (including phenoxy) is 2. The third kappa shape index (κ3) is 3.51. The molecule has 0 atom stereocenters. The van der Waals surface area contributed by atoms with Gasteiger partial charge < -0.3 is 14.0 Å². The van der Waals surface area contributed by atoms with E-state index in [1.807, 2.05) is 25.1 Å². The van der Waals surface area contributed by atoms with Crippen LogP contribution in [-0.2, 0) is 23.2 Å². The zero-order valence-corrected chi connectivity index (χ0v) is 12.1. The normalized spacial score (nSPS) is 10.3. The maximum Gasteiger partial charge on any atom is 0.344 e. The highest BCUT2D eigenvalue weighted by Crippen LogP contribution is 2.16. The van der Waals surface area contributed by atoms with Crippen LogP contribution in [0.3, 0.4) is 0 Å². The van der Waals surface area contributed by atoms with Crippen molar-refractivity contribution in [2.24, 2.45) is 7.05 Å². The summed E-state index contributed by atoms with van der Waals surface area (Å²) in [5, 5.41) is 0.493. The molecule has 0 fully saturated rings. The van der Waals surface area contributed by atoms with Gasteiger partial charge in [0, 0.05) is 7.05 Å². The van der Waals surface area contributed by atoms with Gasteiger partial charge in [-0.15, -0.1) is 0 Å². The molecule has 0 bridgehead atoms. The molecule has 0 amide bonds. The van der Waals surface area contributed by atoms with Crippen molar-refractivity contribution in [1.82, 2.24) is 9.55 Å². The highest BCUT2D eigenvalue weighted by Gasteiger charge is 2.09. The summed E-state index contributed by atoms with van der Waals surface area (Å²) in [5.41, 5.74) is 0.969. The van der Waals surface area contributed by atoms with Gasteiger partial charge in [0.25, 0.3) is 0 Å². The molecule has 2 aromatic rings. The van der Waals surface area contributed by atoms with Crippen molar-refractivity contribution in [2.75, 3.05) is 6.61 Å². The number of imidazole rings is 1. The van der Waals surface area contributed by atoms with E-state index in [1.165, 1.54) is 6.20 Å². The van der Waals surface area contributed by atoms with E-state index in [4.69, 9.17) is 21.1 Å². The van der Waals surface area contributed by atoms with Gasteiger partial charge in [-0.3, -0.25) is 0 Å². The van der Waals surface area contributed by atoms with Crippen LogP contribution in [0.2, 0.25) is 5.15 Å². The van der Waals surface area contributed by atoms with Gasteiger partial charge in [0.15, 0.2) is 6.61 Å². The van der Waals surface area contributed by atoms with Crippen molar-refractivity contribution < 1.29 is 14.3 Å². The summed E-state index contributed by atoms with van der Waals surface area (Å²) in [5.74, 6) is 0.802. The van der Waals surface area contributed by atoms with Crippen LogP contribution in [-0.4, -0.2) is 22.1 Å². The van der Waals surface area contributed by atoms with Crippen molar-refractivity contribution in [1.29, 1.82) is 0 Å². The molecule has 0 unspecified atom stereocenters. The van der Waals surface area contributed by atoms with Gasteiger partial charge in [-0.05, 0) is 18.6 Å². The van der Waals surface area contributed by atoms with Gasteiger partial charge in [0.2, 0.25) is 0 Å². The SMILES string of the molecule is Cc1ccccc1OCC(=O)OCc1ncc(Cl)n1C. The van der Waals surface area contributed by atoms with E-state index in [1.54, 1.807) is 17.7 Å². The van der Waals surface area contributed by atoms with Crippen molar-refractivity contribution in [3.63, 3.8) is 0 Å². The molecule has 0 N–H and O–H groups in total. The van der Waals surface area contributed by atoms with E-state index in [0.29, 0.717) is 16.7 Å². The summed E-state index contributed by atoms with van der Waals surface area (Å²) in [7, 11) is 1.75. The third-order valence-electron chi connectivity index (χ3n) is 2.83. The summed E-state index contributed by atoms with van der Waals surface area (Å²) in [6.07, 6.45) is 1.51. The largest absolute Gasteiger partial charge is 0.482 e. The average Bonchev–Trinajstić information content (AvgIpc) is 2.76. The van der Waals surface area contributed by atoms with Crippen molar-refractivity contribution in [3.05, 3.63) is 47.0 Å². The standard InChI is InChI=1S/C14H15ClN2O3/c1-10-5-3-4-6-11(10)19-9-14(18)20-8-13-16-7-12(15)17(13)2/h3-7H,8-9H2,1-2H3. The maximum atomic E-state index is 11.6. The number of hydrogen-bond acceptors (Lipinski definition) is 4. The number of hydrogen-bond donors (Lipinski definition) is 0. The molecule has 0 spiro atoms. The number of halogens is 1. The Morgan fingerprint density at radius 3 is 2.80 bits per heavy atom. The first-order valence-corrected chi connectivity index (χ1v) is 6.46. The maximum absolute atomic E-state index is 11.6. The van der Waals surface area contributed by atoms with Gasteiger partial charge in [-0.25, -0.2) is 9.78 Å². The minimum Gasteiger partial charge on any atom is -0.482 e. The summed E-state index contributed by atoms with van der Waals surface area (Å²) >= 11 is 5.84. The number of benzene rings is 1. The molecular weight excluding hydrogens is 280 g/mol. The predicted octanol–water partition coefficient (Wildman–Crippen LogP) is 2.50. The molecule has 0 saturated carbocycles. The minimum absolute atomic E-state index is 0.0686. The Morgan fingerprint density at radius 2 is 2.15 bits per heavy atom. The van der Waals surface area contributed by atoms with Crippen LogP contribution in [0.4, 0.5) is 0 Å². The highest BCUT2D eigenvalue weighted by atomic mass is 35.5. The lowest BCUT2D eigenvalue weighted by Crippen LogP contribution is -2.16. The predicted molar refractivity (Wildman–Crippen MR) is 74.7 cm³/mol. The molecule has 0 saturated heterocycles. The minimum atomic E-state index is -0.452. The Balaban J connectivity index is 1.82. The Kier molecular flexibility index (Phi) is 4.63. The summed E-state index contributed by atoms with van der Waals surface area (Å²) in [4.78, 5) is 15.6. The fraction of sp³-hybridized carbons (Fsp3) is 0.286. The average molecular weight is 295 g/mol.